The number of furan rings is 1. The number of allylic oxidation sites excluding steroid dienone is 1. The van der Waals surface area contributed by atoms with Gasteiger partial charge in [-0.15, -0.1) is 11.6 Å². The smallest absolute Gasteiger partial charge is 0.222 e. The van der Waals surface area contributed by atoms with Crippen LogP contribution in [0.15, 0.2) is 35.5 Å². The molecule has 2 atom stereocenters. The predicted molar refractivity (Wildman–Crippen MR) is 74.2 cm³/mol. The van der Waals surface area contributed by atoms with Crippen LogP contribution in [0.3, 0.4) is 0 Å². The Morgan fingerprint density at radius 2 is 2.21 bits per heavy atom. The first-order valence-corrected chi connectivity index (χ1v) is 7.50. The summed E-state index contributed by atoms with van der Waals surface area (Å²) >= 11 is 0. The van der Waals surface area contributed by atoms with E-state index in [1.54, 1.807) is 6.26 Å². The fraction of sp³-hybridized carbons (Fsp3) is 0.625. The van der Waals surface area contributed by atoms with E-state index in [2.05, 4.69) is 11.6 Å². The topological polar surface area (TPSA) is 28.7 Å². The van der Waals surface area contributed by atoms with Crippen molar-refractivity contribution in [2.75, 3.05) is 0 Å². The van der Waals surface area contributed by atoms with Crippen LogP contribution in [-0.4, -0.2) is 11.1 Å². The molecule has 1 unspecified atom stereocenters. The summed E-state index contributed by atoms with van der Waals surface area (Å²) in [6.45, 7) is 3.79. The first-order chi connectivity index (χ1) is 9.37. The highest BCUT2D eigenvalue weighted by Gasteiger charge is 2.60. The van der Waals surface area contributed by atoms with Gasteiger partial charge in [-0.3, -0.25) is 4.84 Å². The molecule has 19 heavy (non-hydrogen) atoms. The summed E-state index contributed by atoms with van der Waals surface area (Å²) in [5.74, 6) is 0.960. The highest BCUT2D eigenvalue weighted by Crippen LogP contribution is 2.52. The fourth-order valence-corrected chi connectivity index (χ4v) is 3.25. The lowest BCUT2D eigenvalue weighted by atomic mass is 9.94. The molecule has 0 bridgehead atoms. The molecule has 0 amide bonds. The van der Waals surface area contributed by atoms with Crippen LogP contribution in [0.25, 0.3) is 0 Å². The van der Waals surface area contributed by atoms with Crippen LogP contribution in [0.2, 0.25) is 0 Å². The lowest BCUT2D eigenvalue weighted by molar-refractivity contribution is 0.119. The van der Waals surface area contributed by atoms with Gasteiger partial charge in [0.1, 0.15) is 0 Å². The second-order valence-corrected chi connectivity index (χ2v) is 5.65. The summed E-state index contributed by atoms with van der Waals surface area (Å²) in [4.78, 5) is 6.04. The summed E-state index contributed by atoms with van der Waals surface area (Å²) in [6, 6.07) is 4.56. The van der Waals surface area contributed by atoms with Gasteiger partial charge in [0.2, 0.25) is 5.72 Å². The molecule has 1 aromatic rings. The summed E-state index contributed by atoms with van der Waals surface area (Å²) in [5.41, 5.74) is -0.283. The van der Waals surface area contributed by atoms with Gasteiger partial charge in [-0.2, -0.15) is 0 Å². The van der Waals surface area contributed by atoms with Crippen molar-refractivity contribution in [3.05, 3.63) is 36.8 Å². The number of hydroxylamine groups is 2. The van der Waals surface area contributed by atoms with Crippen LogP contribution in [0.1, 0.15) is 57.1 Å². The van der Waals surface area contributed by atoms with Crippen LogP contribution in [0.4, 0.5) is 0 Å². The van der Waals surface area contributed by atoms with E-state index in [9.17, 15) is 0 Å². The van der Waals surface area contributed by atoms with Gasteiger partial charge in [0.05, 0.1) is 6.26 Å². The Labute approximate surface area is 115 Å². The first kappa shape index (κ1) is 12.9. The van der Waals surface area contributed by atoms with E-state index in [1.165, 1.54) is 32.1 Å². The van der Waals surface area contributed by atoms with Crippen LogP contribution in [-0.2, 0) is 10.6 Å². The number of hydrogen-bond donors (Lipinski definition) is 0. The Kier molecular flexibility index (Phi) is 3.76. The molecule has 1 saturated heterocycles. The highest BCUT2D eigenvalue weighted by atomic mass is 16.9. The van der Waals surface area contributed by atoms with Crippen molar-refractivity contribution in [2.45, 2.75) is 63.1 Å². The van der Waals surface area contributed by atoms with Gasteiger partial charge in [-0.1, -0.05) is 25.3 Å². The highest BCUT2D eigenvalue weighted by molar-refractivity contribution is 5.14. The van der Waals surface area contributed by atoms with Crippen LogP contribution in [0, 0.1) is 0 Å². The number of nitrogens with zero attached hydrogens (tertiary/aromatic N) is 1. The normalized spacial score (nSPS) is 31.3. The SMILES string of the molecule is C=CCCC[C@@]1(c2ccco2)ON1C1CCCCC1. The second kappa shape index (κ2) is 5.51. The Bertz CT molecular complexity index is 408. The molecular formula is C16H23NO2. The zero-order valence-electron chi connectivity index (χ0n) is 11.5. The molecular weight excluding hydrogens is 238 g/mol. The molecule has 0 aromatic carbocycles. The van der Waals surface area contributed by atoms with Crippen molar-refractivity contribution in [2.24, 2.45) is 0 Å². The minimum absolute atomic E-state index is 0.283. The monoisotopic (exact) mass is 261 g/mol. The van der Waals surface area contributed by atoms with Crippen LogP contribution >= 0.6 is 0 Å². The summed E-state index contributed by atoms with van der Waals surface area (Å²) in [5, 5.41) is 2.20. The third-order valence-corrected chi connectivity index (χ3v) is 4.31. The van der Waals surface area contributed by atoms with E-state index in [0.717, 1.165) is 25.0 Å². The zero-order valence-corrected chi connectivity index (χ0v) is 11.5. The Balaban J connectivity index is 1.70. The van der Waals surface area contributed by atoms with E-state index >= 15 is 0 Å². The van der Waals surface area contributed by atoms with Gasteiger partial charge < -0.3 is 4.42 Å². The Morgan fingerprint density at radius 1 is 1.37 bits per heavy atom. The van der Waals surface area contributed by atoms with Gasteiger partial charge >= 0.3 is 0 Å². The molecule has 3 rings (SSSR count). The van der Waals surface area contributed by atoms with Crippen molar-refractivity contribution in [1.82, 2.24) is 5.06 Å². The molecule has 0 N–H and O–H groups in total. The van der Waals surface area contributed by atoms with Gasteiger partial charge in [-0.05, 0) is 37.8 Å². The number of rotatable bonds is 6. The van der Waals surface area contributed by atoms with E-state index in [0.29, 0.717) is 6.04 Å². The standard InChI is InChI=1S/C16H23NO2/c1-2-3-7-12-16(15-11-8-13-18-15)17(19-16)14-9-5-4-6-10-14/h2,8,11,13-14H,1,3-7,9-10,12H2/t16-,17?/m0/s1. The molecule has 3 nitrogen and oxygen atoms in total. The molecule has 2 aliphatic rings. The molecule has 2 fully saturated rings. The van der Waals surface area contributed by atoms with Crippen LogP contribution in [0.5, 0.6) is 0 Å². The van der Waals surface area contributed by atoms with Crippen molar-refractivity contribution in [3.8, 4) is 0 Å². The summed E-state index contributed by atoms with van der Waals surface area (Å²) in [7, 11) is 0. The van der Waals surface area contributed by atoms with Crippen molar-refractivity contribution in [1.29, 1.82) is 0 Å². The van der Waals surface area contributed by atoms with Crippen molar-refractivity contribution in [3.63, 3.8) is 0 Å². The molecule has 1 aromatic heterocycles. The lowest BCUT2D eigenvalue weighted by Crippen LogP contribution is -2.28. The second-order valence-electron chi connectivity index (χ2n) is 5.65. The van der Waals surface area contributed by atoms with E-state index in [4.69, 9.17) is 9.25 Å². The first-order valence-electron chi connectivity index (χ1n) is 7.50. The maximum Gasteiger partial charge on any atom is 0.222 e. The average Bonchev–Trinajstić information content (AvgIpc) is 2.93. The van der Waals surface area contributed by atoms with E-state index in [1.807, 2.05) is 18.2 Å². The maximum atomic E-state index is 6.04. The minimum atomic E-state index is -0.283. The van der Waals surface area contributed by atoms with Gasteiger partial charge in [0, 0.05) is 12.5 Å². The molecule has 1 saturated carbocycles. The van der Waals surface area contributed by atoms with Gasteiger partial charge in [0.15, 0.2) is 5.76 Å². The van der Waals surface area contributed by atoms with Crippen molar-refractivity contribution < 1.29 is 9.25 Å². The lowest BCUT2D eigenvalue weighted by Gasteiger charge is -2.22. The number of unbranched alkanes of at least 4 members (excludes halogenated alkanes) is 1. The predicted octanol–water partition coefficient (Wildman–Crippen LogP) is 4.37. The molecule has 3 heteroatoms. The van der Waals surface area contributed by atoms with Gasteiger partial charge in [0.25, 0.3) is 0 Å². The quantitative estimate of drug-likeness (QED) is 0.432. The summed E-state index contributed by atoms with van der Waals surface area (Å²) in [6.07, 6.45) is 13.4. The van der Waals surface area contributed by atoms with Crippen molar-refractivity contribution >= 4 is 0 Å². The maximum absolute atomic E-state index is 6.04. The zero-order chi connectivity index (χ0) is 13.1. The Hall–Kier alpha value is -1.06. The third kappa shape index (κ3) is 2.49. The third-order valence-electron chi connectivity index (χ3n) is 4.31. The fourth-order valence-electron chi connectivity index (χ4n) is 3.25. The van der Waals surface area contributed by atoms with Crippen LogP contribution < -0.4 is 0 Å². The minimum Gasteiger partial charge on any atom is -0.465 e. The molecule has 1 aliphatic heterocycles. The largest absolute Gasteiger partial charge is 0.465 e. The summed E-state index contributed by atoms with van der Waals surface area (Å²) < 4.78 is 5.62. The molecule has 104 valence electrons. The molecule has 0 spiro atoms. The molecule has 0 radical (unpaired) electrons. The Morgan fingerprint density at radius 3 is 2.89 bits per heavy atom. The molecule has 1 aliphatic carbocycles. The van der Waals surface area contributed by atoms with E-state index < -0.39 is 0 Å². The van der Waals surface area contributed by atoms with E-state index in [-0.39, 0.29) is 5.72 Å². The number of hydrogen-bond acceptors (Lipinski definition) is 3. The average molecular weight is 261 g/mol. The van der Waals surface area contributed by atoms with Gasteiger partial charge in [-0.25, -0.2) is 0 Å². The molecule has 2 heterocycles.